The third-order valence-corrected chi connectivity index (χ3v) is 4.81. The highest BCUT2D eigenvalue weighted by Gasteiger charge is 2.20. The first-order chi connectivity index (χ1) is 11.2. The van der Waals surface area contributed by atoms with E-state index >= 15 is 0 Å². The van der Waals surface area contributed by atoms with E-state index in [4.69, 9.17) is 16.0 Å². The number of rotatable bonds is 5. The molecule has 0 amide bonds. The molecule has 0 aliphatic carbocycles. The molecule has 1 saturated heterocycles. The molecule has 1 aliphatic heterocycles. The quantitative estimate of drug-likeness (QED) is 0.865. The van der Waals surface area contributed by atoms with E-state index in [1.165, 1.54) is 0 Å². The number of aliphatic hydroxyl groups is 1. The van der Waals surface area contributed by atoms with Crippen molar-refractivity contribution < 1.29 is 9.52 Å². The van der Waals surface area contributed by atoms with Crippen molar-refractivity contribution in [2.24, 2.45) is 5.92 Å². The Morgan fingerprint density at radius 3 is 2.74 bits per heavy atom. The lowest BCUT2D eigenvalue weighted by Crippen LogP contribution is -2.35. The van der Waals surface area contributed by atoms with Crippen LogP contribution in [0.25, 0.3) is 0 Å². The predicted molar refractivity (Wildman–Crippen MR) is 94.2 cm³/mol. The van der Waals surface area contributed by atoms with Gasteiger partial charge in [-0.25, -0.2) is 0 Å². The first kappa shape index (κ1) is 16.2. The molecule has 0 spiro atoms. The molecule has 0 radical (unpaired) electrons. The third-order valence-electron chi connectivity index (χ3n) is 4.58. The molecule has 1 fully saturated rings. The van der Waals surface area contributed by atoms with Crippen LogP contribution in [0.5, 0.6) is 0 Å². The zero-order chi connectivity index (χ0) is 16.2. The number of hydrogen-bond acceptors (Lipinski definition) is 4. The van der Waals surface area contributed by atoms with Gasteiger partial charge in [-0.3, -0.25) is 0 Å². The summed E-state index contributed by atoms with van der Waals surface area (Å²) < 4.78 is 5.49. The van der Waals surface area contributed by atoms with E-state index in [9.17, 15) is 5.11 Å². The van der Waals surface area contributed by atoms with Gasteiger partial charge in [-0.15, -0.1) is 0 Å². The van der Waals surface area contributed by atoms with Gasteiger partial charge in [0.1, 0.15) is 5.76 Å². The molecule has 3 rings (SSSR count). The van der Waals surface area contributed by atoms with Crippen LogP contribution >= 0.6 is 11.6 Å². The Morgan fingerprint density at radius 2 is 2.09 bits per heavy atom. The van der Waals surface area contributed by atoms with Crippen molar-refractivity contribution >= 4 is 23.0 Å². The standard InChI is InChI=1S/C18H23ClN2O2/c1-13-6-9-23-18(13)11-20-16-10-15(19)2-3-17(16)21-7-4-14(12-22)5-8-21/h2-3,6,9-10,14,20,22H,4-5,7-8,11-12H2,1H3. The Hall–Kier alpha value is -1.65. The predicted octanol–water partition coefficient (Wildman–Crippen LogP) is 4.06. The molecule has 1 aromatic carbocycles. The minimum atomic E-state index is 0.289. The first-order valence-electron chi connectivity index (χ1n) is 8.09. The Balaban J connectivity index is 1.74. The maximum atomic E-state index is 9.30. The highest BCUT2D eigenvalue weighted by Crippen LogP contribution is 2.32. The highest BCUT2D eigenvalue weighted by molar-refractivity contribution is 6.31. The van der Waals surface area contributed by atoms with E-state index in [0.29, 0.717) is 12.5 Å². The van der Waals surface area contributed by atoms with Crippen molar-refractivity contribution in [3.63, 3.8) is 0 Å². The van der Waals surface area contributed by atoms with Gasteiger partial charge >= 0.3 is 0 Å². The highest BCUT2D eigenvalue weighted by atomic mass is 35.5. The average molecular weight is 335 g/mol. The van der Waals surface area contributed by atoms with Crippen LogP contribution < -0.4 is 10.2 Å². The molecule has 124 valence electrons. The van der Waals surface area contributed by atoms with Gasteiger partial charge in [-0.05, 0) is 55.5 Å². The lowest BCUT2D eigenvalue weighted by Gasteiger charge is -2.34. The molecule has 0 atom stereocenters. The van der Waals surface area contributed by atoms with Crippen molar-refractivity contribution in [1.82, 2.24) is 0 Å². The minimum Gasteiger partial charge on any atom is -0.467 e. The molecule has 0 saturated carbocycles. The van der Waals surface area contributed by atoms with Crippen LogP contribution in [0.3, 0.4) is 0 Å². The van der Waals surface area contributed by atoms with E-state index in [2.05, 4.69) is 16.3 Å². The SMILES string of the molecule is Cc1ccoc1CNc1cc(Cl)ccc1N1CCC(CO)CC1. The van der Waals surface area contributed by atoms with E-state index in [1.54, 1.807) is 6.26 Å². The Kier molecular flexibility index (Phi) is 5.13. The maximum Gasteiger partial charge on any atom is 0.125 e. The Morgan fingerprint density at radius 1 is 1.30 bits per heavy atom. The number of aryl methyl sites for hydroxylation is 1. The number of furan rings is 1. The van der Waals surface area contributed by atoms with Crippen LogP contribution in [-0.2, 0) is 6.54 Å². The van der Waals surface area contributed by atoms with Crippen LogP contribution in [0, 0.1) is 12.8 Å². The molecular formula is C18H23ClN2O2. The van der Waals surface area contributed by atoms with Crippen LogP contribution in [0.4, 0.5) is 11.4 Å². The van der Waals surface area contributed by atoms with E-state index in [-0.39, 0.29) is 6.61 Å². The van der Waals surface area contributed by atoms with Gasteiger partial charge < -0.3 is 19.7 Å². The van der Waals surface area contributed by atoms with Crippen molar-refractivity contribution in [1.29, 1.82) is 0 Å². The van der Waals surface area contributed by atoms with Gasteiger partial charge in [0.25, 0.3) is 0 Å². The zero-order valence-corrected chi connectivity index (χ0v) is 14.1. The average Bonchev–Trinajstić information content (AvgIpc) is 2.98. The summed E-state index contributed by atoms with van der Waals surface area (Å²) in [5, 5.41) is 13.5. The van der Waals surface area contributed by atoms with E-state index < -0.39 is 0 Å². The second-order valence-electron chi connectivity index (χ2n) is 6.15. The fraction of sp³-hybridized carbons (Fsp3) is 0.444. The van der Waals surface area contributed by atoms with Gasteiger partial charge in [-0.1, -0.05) is 11.6 Å². The second kappa shape index (κ2) is 7.28. The molecule has 2 N–H and O–H groups in total. The molecule has 2 heterocycles. The van der Waals surface area contributed by atoms with Gasteiger partial charge in [0.15, 0.2) is 0 Å². The van der Waals surface area contributed by atoms with E-state index in [0.717, 1.165) is 53.7 Å². The number of nitrogens with zero attached hydrogens (tertiary/aromatic N) is 1. The summed E-state index contributed by atoms with van der Waals surface area (Å²) >= 11 is 6.18. The van der Waals surface area contributed by atoms with Gasteiger partial charge in [0, 0.05) is 24.7 Å². The molecule has 1 aromatic heterocycles. The monoisotopic (exact) mass is 334 g/mol. The van der Waals surface area contributed by atoms with Gasteiger partial charge in [0.2, 0.25) is 0 Å². The molecule has 5 heteroatoms. The number of hydrogen-bond donors (Lipinski definition) is 2. The number of aliphatic hydroxyl groups excluding tert-OH is 1. The lowest BCUT2D eigenvalue weighted by molar-refractivity contribution is 0.203. The minimum absolute atomic E-state index is 0.289. The van der Waals surface area contributed by atoms with Crippen molar-refractivity contribution in [2.45, 2.75) is 26.3 Å². The van der Waals surface area contributed by atoms with Gasteiger partial charge in [-0.2, -0.15) is 0 Å². The van der Waals surface area contributed by atoms with Crippen LogP contribution in [0.2, 0.25) is 5.02 Å². The van der Waals surface area contributed by atoms with Gasteiger partial charge in [0.05, 0.1) is 24.2 Å². The molecule has 2 aromatic rings. The second-order valence-corrected chi connectivity index (χ2v) is 6.59. The van der Waals surface area contributed by atoms with Crippen LogP contribution in [0.1, 0.15) is 24.2 Å². The molecule has 0 bridgehead atoms. The number of nitrogens with one attached hydrogen (secondary N) is 1. The summed E-state index contributed by atoms with van der Waals surface area (Å²) in [4.78, 5) is 2.36. The maximum absolute atomic E-state index is 9.30. The van der Waals surface area contributed by atoms with E-state index in [1.807, 2.05) is 25.1 Å². The summed E-state index contributed by atoms with van der Waals surface area (Å²) in [6, 6.07) is 7.93. The Bertz CT molecular complexity index is 648. The molecule has 1 aliphatic rings. The number of piperidine rings is 1. The van der Waals surface area contributed by atoms with Crippen molar-refractivity contribution in [2.75, 3.05) is 29.9 Å². The molecule has 23 heavy (non-hydrogen) atoms. The molecule has 4 nitrogen and oxygen atoms in total. The smallest absolute Gasteiger partial charge is 0.125 e. The van der Waals surface area contributed by atoms with Crippen LogP contribution in [-0.4, -0.2) is 24.8 Å². The fourth-order valence-electron chi connectivity index (χ4n) is 3.04. The van der Waals surface area contributed by atoms with Crippen molar-refractivity contribution in [3.8, 4) is 0 Å². The fourth-order valence-corrected chi connectivity index (χ4v) is 3.21. The lowest BCUT2D eigenvalue weighted by atomic mass is 9.97. The summed E-state index contributed by atoms with van der Waals surface area (Å²) in [6.07, 6.45) is 3.76. The number of anilines is 2. The normalized spacial score (nSPS) is 15.9. The summed E-state index contributed by atoms with van der Waals surface area (Å²) in [6.45, 7) is 4.89. The van der Waals surface area contributed by atoms with Crippen LogP contribution in [0.15, 0.2) is 34.9 Å². The summed E-state index contributed by atoms with van der Waals surface area (Å²) in [5.74, 6) is 1.37. The molecule has 0 unspecified atom stereocenters. The number of benzene rings is 1. The summed E-state index contributed by atoms with van der Waals surface area (Å²) in [5.41, 5.74) is 3.33. The Labute approximate surface area is 142 Å². The zero-order valence-electron chi connectivity index (χ0n) is 13.4. The first-order valence-corrected chi connectivity index (χ1v) is 8.47. The van der Waals surface area contributed by atoms with Crippen molar-refractivity contribution in [3.05, 3.63) is 46.9 Å². The topological polar surface area (TPSA) is 48.6 Å². The number of halogens is 1. The third kappa shape index (κ3) is 3.82. The largest absolute Gasteiger partial charge is 0.467 e. The molecular weight excluding hydrogens is 312 g/mol. The summed E-state index contributed by atoms with van der Waals surface area (Å²) in [7, 11) is 0.